The van der Waals surface area contributed by atoms with Gasteiger partial charge in [0.25, 0.3) is 0 Å². The minimum absolute atomic E-state index is 0.0970. The van der Waals surface area contributed by atoms with Crippen LogP contribution in [0.5, 0.6) is 0 Å². The molecule has 3 atom stereocenters. The van der Waals surface area contributed by atoms with Crippen LogP contribution < -0.4 is 5.73 Å². The van der Waals surface area contributed by atoms with Crippen molar-refractivity contribution in [3.63, 3.8) is 0 Å². The molecule has 3 unspecified atom stereocenters. The molecule has 0 spiro atoms. The van der Waals surface area contributed by atoms with Gasteiger partial charge in [-0.3, -0.25) is 0 Å². The van der Waals surface area contributed by atoms with Crippen molar-refractivity contribution >= 4 is 0 Å². The van der Waals surface area contributed by atoms with Gasteiger partial charge in [-0.2, -0.15) is 4.98 Å². The molecule has 0 saturated heterocycles. The number of rotatable bonds is 5. The van der Waals surface area contributed by atoms with Gasteiger partial charge in [-0.25, -0.2) is 0 Å². The van der Waals surface area contributed by atoms with Crippen molar-refractivity contribution in [3.05, 3.63) is 11.7 Å². The zero-order chi connectivity index (χ0) is 13.1. The summed E-state index contributed by atoms with van der Waals surface area (Å²) in [6, 6.07) is 0. The molecule has 1 saturated carbocycles. The summed E-state index contributed by atoms with van der Waals surface area (Å²) in [7, 11) is 1.68. The van der Waals surface area contributed by atoms with Crippen molar-refractivity contribution in [1.29, 1.82) is 0 Å². The molecule has 0 bridgehead atoms. The lowest BCUT2D eigenvalue weighted by molar-refractivity contribution is 0.0555. The predicted octanol–water partition coefficient (Wildman–Crippen LogP) is 2.26. The molecule has 0 aromatic carbocycles. The molecule has 0 aliphatic heterocycles. The Balaban J connectivity index is 2.14. The normalized spacial score (nSPS) is 25.8. The molecule has 1 aromatic heterocycles. The van der Waals surface area contributed by atoms with E-state index in [1.165, 1.54) is 6.42 Å². The first kappa shape index (κ1) is 13.5. The number of hydrogen-bond donors (Lipinski definition) is 1. The Morgan fingerprint density at radius 2 is 2.22 bits per heavy atom. The minimum atomic E-state index is -0.0970. The highest BCUT2D eigenvalue weighted by Crippen LogP contribution is 2.38. The maximum atomic E-state index is 5.79. The van der Waals surface area contributed by atoms with E-state index < -0.39 is 0 Å². The van der Waals surface area contributed by atoms with Crippen LogP contribution in [0.2, 0.25) is 0 Å². The van der Waals surface area contributed by atoms with Gasteiger partial charge in [-0.05, 0) is 31.2 Å². The van der Waals surface area contributed by atoms with Crippen LogP contribution in [0.4, 0.5) is 0 Å². The van der Waals surface area contributed by atoms with Gasteiger partial charge in [0.05, 0.1) is 0 Å². The summed E-state index contributed by atoms with van der Waals surface area (Å²) in [5.74, 6) is 2.54. The van der Waals surface area contributed by atoms with E-state index in [2.05, 4.69) is 24.0 Å². The van der Waals surface area contributed by atoms with Gasteiger partial charge in [-0.1, -0.05) is 25.4 Å². The van der Waals surface area contributed by atoms with E-state index in [1.807, 2.05) is 0 Å². The molecular formula is C13H23N3O2. The van der Waals surface area contributed by atoms with Crippen molar-refractivity contribution in [2.45, 2.75) is 45.1 Å². The van der Waals surface area contributed by atoms with E-state index in [0.717, 1.165) is 18.7 Å². The van der Waals surface area contributed by atoms with Gasteiger partial charge in [0.1, 0.15) is 6.10 Å². The fraction of sp³-hybridized carbons (Fsp3) is 0.846. The van der Waals surface area contributed by atoms with Crippen LogP contribution in [0, 0.1) is 11.8 Å². The third-order valence-electron chi connectivity index (χ3n) is 3.85. The summed E-state index contributed by atoms with van der Waals surface area (Å²) >= 11 is 0. The number of ether oxygens (including phenoxy) is 1. The highest BCUT2D eigenvalue weighted by atomic mass is 16.5. The molecule has 102 valence electrons. The van der Waals surface area contributed by atoms with Crippen LogP contribution in [0.1, 0.15) is 56.8 Å². The molecule has 5 heteroatoms. The third-order valence-corrected chi connectivity index (χ3v) is 3.85. The third kappa shape index (κ3) is 2.57. The van der Waals surface area contributed by atoms with Gasteiger partial charge >= 0.3 is 0 Å². The van der Waals surface area contributed by atoms with Crippen molar-refractivity contribution in [2.24, 2.45) is 17.6 Å². The second-order valence-corrected chi connectivity index (χ2v) is 5.42. The summed E-state index contributed by atoms with van der Waals surface area (Å²) in [5, 5.41) is 4.07. The number of hydrogen-bond acceptors (Lipinski definition) is 5. The summed E-state index contributed by atoms with van der Waals surface area (Å²) in [6.07, 6.45) is 3.36. The number of nitrogens with zero attached hydrogens (tertiary/aromatic N) is 2. The van der Waals surface area contributed by atoms with Crippen molar-refractivity contribution in [3.8, 4) is 0 Å². The topological polar surface area (TPSA) is 74.2 Å². The highest BCUT2D eigenvalue weighted by Gasteiger charge is 2.33. The van der Waals surface area contributed by atoms with Crippen molar-refractivity contribution < 1.29 is 9.26 Å². The Labute approximate surface area is 108 Å². The summed E-state index contributed by atoms with van der Waals surface area (Å²) in [4.78, 5) is 4.52. The zero-order valence-corrected chi connectivity index (χ0v) is 11.4. The minimum Gasteiger partial charge on any atom is -0.373 e. The molecule has 1 aromatic rings. The van der Waals surface area contributed by atoms with E-state index in [4.69, 9.17) is 15.0 Å². The fourth-order valence-electron chi connectivity index (χ4n) is 2.83. The van der Waals surface area contributed by atoms with Gasteiger partial charge in [0.2, 0.25) is 11.7 Å². The van der Waals surface area contributed by atoms with Gasteiger partial charge < -0.3 is 15.0 Å². The first-order valence-electron chi connectivity index (χ1n) is 6.73. The lowest BCUT2D eigenvalue weighted by atomic mass is 9.96. The molecule has 2 N–H and O–H groups in total. The Kier molecular flexibility index (Phi) is 4.35. The smallest absolute Gasteiger partial charge is 0.230 e. The molecule has 1 aliphatic rings. The van der Waals surface area contributed by atoms with Crippen LogP contribution in [0.3, 0.4) is 0 Å². The monoisotopic (exact) mass is 253 g/mol. The Hall–Kier alpha value is -0.940. The molecule has 0 amide bonds. The molecule has 5 nitrogen and oxygen atoms in total. The van der Waals surface area contributed by atoms with Crippen LogP contribution in [0.15, 0.2) is 4.52 Å². The van der Waals surface area contributed by atoms with Crippen LogP contribution >= 0.6 is 0 Å². The van der Waals surface area contributed by atoms with Crippen molar-refractivity contribution in [1.82, 2.24) is 10.1 Å². The van der Waals surface area contributed by atoms with Gasteiger partial charge in [-0.15, -0.1) is 0 Å². The number of methoxy groups -OCH3 is 1. The predicted molar refractivity (Wildman–Crippen MR) is 68.0 cm³/mol. The molecule has 1 fully saturated rings. The molecule has 2 rings (SSSR count). The van der Waals surface area contributed by atoms with E-state index in [9.17, 15) is 0 Å². The Morgan fingerprint density at radius 1 is 1.44 bits per heavy atom. The maximum absolute atomic E-state index is 5.79. The fourth-order valence-corrected chi connectivity index (χ4v) is 2.83. The van der Waals surface area contributed by atoms with Gasteiger partial charge in [0.15, 0.2) is 0 Å². The quantitative estimate of drug-likeness (QED) is 0.871. The molecule has 0 radical (unpaired) electrons. The largest absolute Gasteiger partial charge is 0.373 e. The second kappa shape index (κ2) is 5.80. The first-order chi connectivity index (χ1) is 8.67. The zero-order valence-electron chi connectivity index (χ0n) is 11.4. The molecule has 18 heavy (non-hydrogen) atoms. The average molecular weight is 253 g/mol. The van der Waals surface area contributed by atoms with Crippen LogP contribution in [-0.4, -0.2) is 23.8 Å². The van der Waals surface area contributed by atoms with E-state index in [-0.39, 0.29) is 6.10 Å². The summed E-state index contributed by atoms with van der Waals surface area (Å²) in [6.45, 7) is 4.87. The SMILES string of the molecule is COC(c1noc(C2CCCC2CN)n1)C(C)C. The lowest BCUT2D eigenvalue weighted by Gasteiger charge is -2.15. The Morgan fingerprint density at radius 3 is 2.83 bits per heavy atom. The lowest BCUT2D eigenvalue weighted by Crippen LogP contribution is -2.17. The van der Waals surface area contributed by atoms with Gasteiger partial charge in [0, 0.05) is 13.0 Å². The van der Waals surface area contributed by atoms with Crippen LogP contribution in [-0.2, 0) is 4.74 Å². The highest BCUT2D eigenvalue weighted by molar-refractivity contribution is 5.02. The van der Waals surface area contributed by atoms with Crippen LogP contribution in [0.25, 0.3) is 0 Å². The Bertz CT molecular complexity index is 378. The summed E-state index contributed by atoms with van der Waals surface area (Å²) in [5.41, 5.74) is 5.79. The molecular weight excluding hydrogens is 230 g/mol. The number of aromatic nitrogens is 2. The first-order valence-corrected chi connectivity index (χ1v) is 6.73. The van der Waals surface area contributed by atoms with E-state index >= 15 is 0 Å². The second-order valence-electron chi connectivity index (χ2n) is 5.42. The van der Waals surface area contributed by atoms with E-state index in [1.54, 1.807) is 7.11 Å². The molecule has 1 aliphatic carbocycles. The van der Waals surface area contributed by atoms with E-state index in [0.29, 0.717) is 30.1 Å². The molecule has 1 heterocycles. The maximum Gasteiger partial charge on any atom is 0.230 e. The number of nitrogens with two attached hydrogens (primary N) is 1. The summed E-state index contributed by atoms with van der Waals surface area (Å²) < 4.78 is 10.8. The average Bonchev–Trinajstić information content (AvgIpc) is 2.96. The standard InChI is InChI=1S/C13H23N3O2/c1-8(2)11(17-3)12-15-13(18-16-12)10-6-4-5-9(10)7-14/h8-11H,4-7,14H2,1-3H3. The van der Waals surface area contributed by atoms with Crippen molar-refractivity contribution in [2.75, 3.05) is 13.7 Å².